The van der Waals surface area contributed by atoms with Crippen molar-refractivity contribution in [2.24, 2.45) is 16.8 Å². The van der Waals surface area contributed by atoms with Crippen LogP contribution in [0.5, 0.6) is 0 Å². The summed E-state index contributed by atoms with van der Waals surface area (Å²) in [7, 11) is 0. The van der Waals surface area contributed by atoms with Crippen LogP contribution in [-0.2, 0) is 10.9 Å². The second-order valence-electron chi connectivity index (χ2n) is 8.83. The zero-order valence-corrected chi connectivity index (χ0v) is 16.0. The van der Waals surface area contributed by atoms with E-state index < -0.39 is 11.7 Å². The van der Waals surface area contributed by atoms with Gasteiger partial charge in [-0.25, -0.2) is 0 Å². The summed E-state index contributed by atoms with van der Waals surface area (Å²) in [5.74, 6) is 2.55. The van der Waals surface area contributed by atoms with Crippen molar-refractivity contribution < 1.29 is 17.9 Å². The van der Waals surface area contributed by atoms with Gasteiger partial charge in [-0.05, 0) is 61.6 Å². The predicted octanol–water partition coefficient (Wildman–Crippen LogP) is 4.87. The highest BCUT2D eigenvalue weighted by molar-refractivity contribution is 5.85. The Morgan fingerprint density at radius 1 is 1.00 bits per heavy atom. The van der Waals surface area contributed by atoms with Crippen LogP contribution < -0.4 is 0 Å². The number of rotatable bonds is 1. The molecule has 0 radical (unpaired) electrons. The van der Waals surface area contributed by atoms with Crippen LogP contribution in [0.3, 0.4) is 0 Å². The van der Waals surface area contributed by atoms with Gasteiger partial charge >= 0.3 is 6.18 Å². The monoisotopic (exact) mass is 392 g/mol. The Bertz CT molecular complexity index is 746. The molecule has 6 rings (SSSR count). The Morgan fingerprint density at radius 3 is 2.32 bits per heavy atom. The number of halogens is 3. The molecular weight excluding hydrogens is 365 g/mol. The molecule has 3 aliphatic carbocycles. The normalized spacial score (nSPS) is 35.5. The van der Waals surface area contributed by atoms with Crippen LogP contribution in [0.2, 0.25) is 0 Å². The lowest BCUT2D eigenvalue weighted by atomic mass is 9.52. The third-order valence-electron chi connectivity index (χ3n) is 7.55. The summed E-state index contributed by atoms with van der Waals surface area (Å²) in [5.41, 5.74) is 0.374. The molecule has 3 saturated carbocycles. The maximum atomic E-state index is 13.0. The third-order valence-corrected chi connectivity index (χ3v) is 7.55. The van der Waals surface area contributed by atoms with Gasteiger partial charge in [0.05, 0.1) is 30.2 Å². The van der Waals surface area contributed by atoms with E-state index in [0.717, 1.165) is 44.7 Å². The first-order valence-corrected chi connectivity index (χ1v) is 10.6. The van der Waals surface area contributed by atoms with Gasteiger partial charge < -0.3 is 9.64 Å². The molecule has 1 aromatic carbocycles. The summed E-state index contributed by atoms with van der Waals surface area (Å²) in [6.07, 6.45) is 2.52. The number of morpholine rings is 1. The van der Waals surface area contributed by atoms with Gasteiger partial charge in [0.2, 0.25) is 0 Å². The highest BCUT2D eigenvalue weighted by atomic mass is 19.4. The topological polar surface area (TPSA) is 24.8 Å². The molecule has 2 unspecified atom stereocenters. The molecule has 152 valence electrons. The van der Waals surface area contributed by atoms with Gasteiger partial charge in [0.25, 0.3) is 0 Å². The number of fused-ring (bicyclic) bond motifs is 2. The van der Waals surface area contributed by atoms with Crippen molar-refractivity contribution in [3.63, 3.8) is 0 Å². The summed E-state index contributed by atoms with van der Waals surface area (Å²) in [6.45, 7) is 3.29. The number of alkyl halides is 3. The zero-order valence-electron chi connectivity index (χ0n) is 16.0. The molecular formula is C22H27F3N2O. The van der Waals surface area contributed by atoms with Gasteiger partial charge in [0.15, 0.2) is 0 Å². The fraction of sp³-hybridized carbons (Fsp3) is 0.682. The number of amidine groups is 1. The molecule has 2 atom stereocenters. The fourth-order valence-electron chi connectivity index (χ4n) is 6.29. The molecule has 5 aliphatic rings. The number of hydrogen-bond acceptors (Lipinski definition) is 3. The van der Waals surface area contributed by atoms with Crippen LogP contribution in [0.4, 0.5) is 13.2 Å². The quantitative estimate of drug-likeness (QED) is 0.681. The fourth-order valence-corrected chi connectivity index (χ4v) is 6.29. The molecule has 4 fully saturated rings. The molecule has 1 spiro atoms. The number of benzene rings is 1. The second-order valence-corrected chi connectivity index (χ2v) is 8.83. The molecule has 0 amide bonds. The highest BCUT2D eigenvalue weighted by Crippen LogP contribution is 2.60. The minimum Gasteiger partial charge on any atom is -0.378 e. The molecule has 2 heterocycles. The first-order valence-electron chi connectivity index (χ1n) is 10.6. The maximum Gasteiger partial charge on any atom is 0.416 e. The van der Waals surface area contributed by atoms with Gasteiger partial charge in [0, 0.05) is 25.4 Å². The predicted molar refractivity (Wildman–Crippen MR) is 101 cm³/mol. The molecule has 6 heteroatoms. The first kappa shape index (κ1) is 18.5. The van der Waals surface area contributed by atoms with Crippen LogP contribution in [0.15, 0.2) is 29.3 Å². The van der Waals surface area contributed by atoms with E-state index >= 15 is 0 Å². The molecule has 28 heavy (non-hydrogen) atoms. The van der Waals surface area contributed by atoms with Crippen molar-refractivity contribution >= 4 is 5.84 Å². The average molecular weight is 392 g/mol. The molecule has 0 aromatic heterocycles. The van der Waals surface area contributed by atoms with E-state index in [1.165, 1.54) is 43.7 Å². The van der Waals surface area contributed by atoms with Crippen LogP contribution in [0.1, 0.15) is 55.6 Å². The summed E-state index contributed by atoms with van der Waals surface area (Å²) >= 11 is 0. The van der Waals surface area contributed by atoms with E-state index in [1.807, 2.05) is 0 Å². The van der Waals surface area contributed by atoms with Crippen LogP contribution >= 0.6 is 0 Å². The maximum absolute atomic E-state index is 13.0. The molecule has 0 N–H and O–H groups in total. The Morgan fingerprint density at radius 2 is 1.68 bits per heavy atom. The Hall–Kier alpha value is -1.56. The van der Waals surface area contributed by atoms with Crippen molar-refractivity contribution in [3.05, 3.63) is 35.4 Å². The van der Waals surface area contributed by atoms with Gasteiger partial charge in [-0.15, -0.1) is 0 Å². The van der Waals surface area contributed by atoms with Gasteiger partial charge in [-0.2, -0.15) is 13.2 Å². The van der Waals surface area contributed by atoms with E-state index in [4.69, 9.17) is 9.73 Å². The molecule has 3 nitrogen and oxygen atoms in total. The molecule has 1 aromatic rings. The van der Waals surface area contributed by atoms with Crippen molar-refractivity contribution in [2.75, 3.05) is 26.3 Å². The van der Waals surface area contributed by atoms with Crippen molar-refractivity contribution in [3.8, 4) is 0 Å². The molecule has 2 aliphatic heterocycles. The Labute approximate surface area is 164 Å². The standard InChI is InChI=1S/C22H27F3N2O/c23-22(24,25)18-7-3-16(4-8-18)20-15-1-5-17(6-2-15)21(20)10-9-19(26-21)27-11-13-28-14-12-27/h3-4,7-8,15,17,20H,1-2,5-6,9-14H2. The van der Waals surface area contributed by atoms with Crippen LogP contribution in [-0.4, -0.2) is 42.6 Å². The summed E-state index contributed by atoms with van der Waals surface area (Å²) in [6, 6.07) is 5.95. The van der Waals surface area contributed by atoms with Crippen LogP contribution in [0.25, 0.3) is 0 Å². The minimum absolute atomic E-state index is 0.117. The molecule has 2 bridgehead atoms. The third kappa shape index (κ3) is 2.95. The number of ether oxygens (including phenoxy) is 1. The lowest BCUT2D eigenvalue weighted by Crippen LogP contribution is -2.51. The average Bonchev–Trinajstić information content (AvgIpc) is 3.14. The number of aliphatic imine (C=N–C) groups is 1. The van der Waals surface area contributed by atoms with Crippen LogP contribution in [0, 0.1) is 11.8 Å². The van der Waals surface area contributed by atoms with E-state index in [0.29, 0.717) is 11.8 Å². The lowest BCUT2D eigenvalue weighted by molar-refractivity contribution is -0.137. The summed E-state index contributed by atoms with van der Waals surface area (Å²) < 4.78 is 44.6. The zero-order chi connectivity index (χ0) is 19.4. The smallest absolute Gasteiger partial charge is 0.378 e. The highest BCUT2D eigenvalue weighted by Gasteiger charge is 2.57. The summed E-state index contributed by atoms with van der Waals surface area (Å²) in [4.78, 5) is 7.74. The SMILES string of the molecule is FC(F)(F)c1ccc(C2C3CCC(CC3)C23CCC(N2CCOCC2)=N3)cc1. The number of hydrogen-bond donors (Lipinski definition) is 0. The van der Waals surface area contributed by atoms with E-state index in [1.54, 1.807) is 12.1 Å². The van der Waals surface area contributed by atoms with Crippen molar-refractivity contribution in [1.29, 1.82) is 0 Å². The van der Waals surface area contributed by atoms with E-state index in [-0.39, 0.29) is 11.5 Å². The minimum atomic E-state index is -4.28. The Balaban J connectivity index is 1.50. The second kappa shape index (κ2) is 6.75. The van der Waals surface area contributed by atoms with Crippen molar-refractivity contribution in [1.82, 2.24) is 4.90 Å². The summed E-state index contributed by atoms with van der Waals surface area (Å²) in [5, 5.41) is 0. The van der Waals surface area contributed by atoms with Crippen molar-refractivity contribution in [2.45, 2.75) is 56.2 Å². The first-order chi connectivity index (χ1) is 13.5. The lowest BCUT2D eigenvalue weighted by Gasteiger charge is -2.54. The molecule has 1 saturated heterocycles. The largest absolute Gasteiger partial charge is 0.416 e. The van der Waals surface area contributed by atoms with Gasteiger partial charge in [-0.1, -0.05) is 12.1 Å². The van der Waals surface area contributed by atoms with Gasteiger partial charge in [-0.3, -0.25) is 4.99 Å². The number of nitrogens with zero attached hydrogens (tertiary/aromatic N) is 2. The van der Waals surface area contributed by atoms with E-state index in [2.05, 4.69) is 4.90 Å². The van der Waals surface area contributed by atoms with E-state index in [9.17, 15) is 13.2 Å². The Kier molecular flexibility index (Phi) is 4.45. The van der Waals surface area contributed by atoms with Gasteiger partial charge in [0.1, 0.15) is 0 Å².